The van der Waals surface area contributed by atoms with Crippen molar-refractivity contribution in [2.45, 2.75) is 45.6 Å². The second-order valence-corrected chi connectivity index (χ2v) is 5.09. The molecule has 1 saturated carbocycles. The van der Waals surface area contributed by atoms with Crippen LogP contribution in [0.4, 0.5) is 0 Å². The average Bonchev–Trinajstić information content (AvgIpc) is 2.86. The summed E-state index contributed by atoms with van der Waals surface area (Å²) in [5.41, 5.74) is 6.45. The van der Waals surface area contributed by atoms with Crippen LogP contribution in [-0.4, -0.2) is 27.3 Å². The van der Waals surface area contributed by atoms with Crippen LogP contribution in [0, 0.1) is 11.8 Å². The van der Waals surface area contributed by atoms with Crippen LogP contribution in [0.5, 0.6) is 0 Å². The summed E-state index contributed by atoms with van der Waals surface area (Å²) in [7, 11) is 0. The number of aryl methyl sites for hydroxylation is 1. The first-order valence-electron chi connectivity index (χ1n) is 6.90. The van der Waals surface area contributed by atoms with E-state index in [9.17, 15) is 4.79 Å². The molecule has 0 radical (unpaired) electrons. The van der Waals surface area contributed by atoms with Gasteiger partial charge in [-0.15, -0.1) is 5.10 Å². The monoisotopic (exact) mass is 250 g/mol. The fourth-order valence-corrected chi connectivity index (χ4v) is 2.85. The van der Waals surface area contributed by atoms with Crippen LogP contribution < -0.4 is 5.73 Å². The number of hydrogen-bond donors (Lipinski definition) is 1. The Bertz CT molecular complexity index is 401. The highest BCUT2D eigenvalue weighted by Gasteiger charge is 2.32. The van der Waals surface area contributed by atoms with Crippen molar-refractivity contribution in [1.29, 1.82) is 0 Å². The maximum Gasteiger partial charge on any atom is 0.185 e. The number of aromatic nitrogens is 3. The predicted octanol–water partition coefficient (Wildman–Crippen LogP) is 1.64. The smallest absolute Gasteiger partial charge is 0.185 e. The van der Waals surface area contributed by atoms with Gasteiger partial charge < -0.3 is 5.73 Å². The zero-order chi connectivity index (χ0) is 13.0. The fourth-order valence-electron chi connectivity index (χ4n) is 2.85. The molecule has 2 unspecified atom stereocenters. The lowest BCUT2D eigenvalue weighted by molar-refractivity contribution is 0.0818. The second-order valence-electron chi connectivity index (χ2n) is 5.09. The molecular formula is C13H22N4O. The summed E-state index contributed by atoms with van der Waals surface area (Å²) in [6.07, 6.45) is 6.90. The summed E-state index contributed by atoms with van der Waals surface area (Å²) >= 11 is 0. The van der Waals surface area contributed by atoms with Crippen molar-refractivity contribution in [3.63, 3.8) is 0 Å². The van der Waals surface area contributed by atoms with Crippen LogP contribution in [-0.2, 0) is 6.54 Å². The minimum absolute atomic E-state index is 0.0675. The molecule has 100 valence electrons. The molecule has 1 aliphatic rings. The molecule has 5 heteroatoms. The maximum atomic E-state index is 12.6. The molecule has 18 heavy (non-hydrogen) atoms. The van der Waals surface area contributed by atoms with E-state index in [1.54, 1.807) is 10.9 Å². The third-order valence-electron chi connectivity index (χ3n) is 3.85. The van der Waals surface area contributed by atoms with E-state index in [-0.39, 0.29) is 11.7 Å². The number of ketones is 1. The quantitative estimate of drug-likeness (QED) is 0.806. The van der Waals surface area contributed by atoms with Gasteiger partial charge in [0.05, 0.1) is 6.20 Å². The van der Waals surface area contributed by atoms with Crippen molar-refractivity contribution < 1.29 is 4.79 Å². The van der Waals surface area contributed by atoms with Crippen LogP contribution >= 0.6 is 0 Å². The van der Waals surface area contributed by atoms with Crippen molar-refractivity contribution >= 4 is 5.78 Å². The van der Waals surface area contributed by atoms with Gasteiger partial charge in [0.15, 0.2) is 5.78 Å². The Labute approximate surface area is 108 Å². The summed E-state index contributed by atoms with van der Waals surface area (Å²) in [6, 6.07) is 0. The lowest BCUT2D eigenvalue weighted by Gasteiger charge is -2.29. The van der Waals surface area contributed by atoms with Gasteiger partial charge in [-0.25, -0.2) is 4.68 Å². The molecule has 0 saturated heterocycles. The largest absolute Gasteiger partial charge is 0.330 e. The Kier molecular flexibility index (Phi) is 4.47. The summed E-state index contributed by atoms with van der Waals surface area (Å²) in [6.45, 7) is 3.42. The number of Topliss-reactive ketones (excluding diaryl/α,β-unsaturated/α-hetero) is 1. The third-order valence-corrected chi connectivity index (χ3v) is 3.85. The van der Waals surface area contributed by atoms with Gasteiger partial charge in [-0.05, 0) is 31.7 Å². The Morgan fingerprint density at radius 3 is 3.00 bits per heavy atom. The van der Waals surface area contributed by atoms with Crippen molar-refractivity contribution in [3.8, 4) is 0 Å². The van der Waals surface area contributed by atoms with Gasteiger partial charge >= 0.3 is 0 Å². The van der Waals surface area contributed by atoms with Crippen LogP contribution in [0.1, 0.15) is 49.5 Å². The molecular weight excluding hydrogens is 228 g/mol. The van der Waals surface area contributed by atoms with Gasteiger partial charge in [0.2, 0.25) is 0 Å². The highest BCUT2D eigenvalue weighted by atomic mass is 16.1. The lowest BCUT2D eigenvalue weighted by Crippen LogP contribution is -2.33. The molecule has 0 aromatic carbocycles. The molecule has 1 heterocycles. The fraction of sp³-hybridized carbons (Fsp3) is 0.769. The molecule has 1 aromatic rings. The van der Waals surface area contributed by atoms with Crippen LogP contribution in [0.2, 0.25) is 0 Å². The molecule has 0 spiro atoms. The molecule has 0 bridgehead atoms. The Hall–Kier alpha value is -1.23. The molecule has 1 aliphatic carbocycles. The molecule has 0 aliphatic heterocycles. The van der Waals surface area contributed by atoms with Crippen molar-refractivity contribution in [1.82, 2.24) is 15.0 Å². The topological polar surface area (TPSA) is 73.8 Å². The Morgan fingerprint density at radius 1 is 1.50 bits per heavy atom. The summed E-state index contributed by atoms with van der Waals surface area (Å²) in [5.74, 6) is 0.581. The zero-order valence-corrected chi connectivity index (χ0v) is 11.0. The van der Waals surface area contributed by atoms with Gasteiger partial charge in [-0.2, -0.15) is 0 Å². The molecule has 1 fully saturated rings. The molecule has 2 N–H and O–H groups in total. The van der Waals surface area contributed by atoms with Crippen molar-refractivity contribution in [3.05, 3.63) is 11.9 Å². The van der Waals surface area contributed by atoms with Gasteiger partial charge in [-0.1, -0.05) is 25.0 Å². The molecule has 0 amide bonds. The minimum atomic E-state index is 0.0675. The summed E-state index contributed by atoms with van der Waals surface area (Å²) in [4.78, 5) is 12.6. The van der Waals surface area contributed by atoms with Gasteiger partial charge in [0.25, 0.3) is 0 Å². The first-order valence-corrected chi connectivity index (χ1v) is 6.90. The van der Waals surface area contributed by atoms with Gasteiger partial charge in [0, 0.05) is 12.5 Å². The first-order chi connectivity index (χ1) is 8.77. The number of nitrogens with two attached hydrogens (primary N) is 1. The predicted molar refractivity (Wildman–Crippen MR) is 69.1 cm³/mol. The third kappa shape index (κ3) is 2.61. The lowest BCUT2D eigenvalue weighted by atomic mass is 9.76. The Balaban J connectivity index is 2.16. The maximum absolute atomic E-state index is 12.6. The van der Waals surface area contributed by atoms with E-state index in [0.717, 1.165) is 32.2 Å². The molecule has 2 atom stereocenters. The number of rotatable bonds is 5. The summed E-state index contributed by atoms with van der Waals surface area (Å²) < 4.78 is 1.73. The first kappa shape index (κ1) is 13.2. The SMILES string of the molecule is CCCn1nncc1C(=O)C1CCCCC1CN. The zero-order valence-electron chi connectivity index (χ0n) is 11.0. The van der Waals surface area contributed by atoms with Crippen LogP contribution in [0.15, 0.2) is 6.20 Å². The van der Waals surface area contributed by atoms with E-state index in [4.69, 9.17) is 5.73 Å². The van der Waals surface area contributed by atoms with Crippen molar-refractivity contribution in [2.75, 3.05) is 6.54 Å². The van der Waals surface area contributed by atoms with Crippen LogP contribution in [0.25, 0.3) is 0 Å². The van der Waals surface area contributed by atoms with Crippen molar-refractivity contribution in [2.24, 2.45) is 17.6 Å². The van der Waals surface area contributed by atoms with E-state index >= 15 is 0 Å². The van der Waals surface area contributed by atoms with Gasteiger partial charge in [-0.3, -0.25) is 4.79 Å². The number of carbonyl (C=O) groups is 1. The van der Waals surface area contributed by atoms with E-state index in [0.29, 0.717) is 18.2 Å². The minimum Gasteiger partial charge on any atom is -0.330 e. The Morgan fingerprint density at radius 2 is 2.28 bits per heavy atom. The number of nitrogens with zero attached hydrogens (tertiary/aromatic N) is 3. The summed E-state index contributed by atoms with van der Waals surface area (Å²) in [5, 5.41) is 7.86. The normalized spacial score (nSPS) is 24.1. The number of hydrogen-bond acceptors (Lipinski definition) is 4. The molecule has 1 aromatic heterocycles. The number of carbonyl (C=O) groups excluding carboxylic acids is 1. The van der Waals surface area contributed by atoms with E-state index in [1.807, 2.05) is 0 Å². The highest BCUT2D eigenvalue weighted by Crippen LogP contribution is 2.31. The van der Waals surface area contributed by atoms with E-state index in [2.05, 4.69) is 17.2 Å². The van der Waals surface area contributed by atoms with Gasteiger partial charge in [0.1, 0.15) is 5.69 Å². The average molecular weight is 250 g/mol. The molecule has 2 rings (SSSR count). The van der Waals surface area contributed by atoms with E-state index < -0.39 is 0 Å². The standard InChI is InChI=1S/C13H22N4O/c1-2-7-17-12(9-15-16-17)13(18)11-6-4-3-5-10(11)8-14/h9-11H,2-8,14H2,1H3. The second kappa shape index (κ2) is 6.09. The van der Waals surface area contributed by atoms with E-state index in [1.165, 1.54) is 6.42 Å². The highest BCUT2D eigenvalue weighted by molar-refractivity contribution is 5.96. The molecule has 5 nitrogen and oxygen atoms in total. The van der Waals surface area contributed by atoms with Crippen LogP contribution in [0.3, 0.4) is 0 Å².